The molecule has 0 saturated carbocycles. The lowest BCUT2D eigenvalue weighted by Gasteiger charge is -2.21. The van der Waals surface area contributed by atoms with Crippen molar-refractivity contribution in [2.45, 2.75) is 32.9 Å². The van der Waals surface area contributed by atoms with Crippen LogP contribution in [0.3, 0.4) is 0 Å². The molecule has 0 fully saturated rings. The molecule has 0 aromatic heterocycles. The number of hydrogen-bond donors (Lipinski definition) is 2. The zero-order valence-electron chi connectivity index (χ0n) is 9.54. The Kier molecular flexibility index (Phi) is 6.29. The van der Waals surface area contributed by atoms with Crippen LogP contribution < -0.4 is 5.32 Å². The Labute approximate surface area is 82.1 Å². The number of nitrogens with one attached hydrogen (secondary N) is 1. The summed E-state index contributed by atoms with van der Waals surface area (Å²) in [7, 11) is 3.93. The van der Waals surface area contributed by atoms with E-state index >= 15 is 0 Å². The minimum atomic E-state index is -0.267. The van der Waals surface area contributed by atoms with E-state index in [2.05, 4.69) is 26.1 Å². The molecule has 13 heavy (non-hydrogen) atoms. The largest absolute Gasteiger partial charge is 0.390 e. The molecular weight excluding hydrogens is 164 g/mol. The first-order valence-electron chi connectivity index (χ1n) is 4.99. The second-order valence-corrected chi connectivity index (χ2v) is 4.36. The smallest absolute Gasteiger partial charge is 0.0791 e. The third kappa shape index (κ3) is 6.99. The van der Waals surface area contributed by atoms with E-state index in [-0.39, 0.29) is 6.10 Å². The molecule has 0 aliphatic heterocycles. The number of aliphatic hydroxyl groups excluding tert-OH is 1. The van der Waals surface area contributed by atoms with Crippen molar-refractivity contribution in [3.05, 3.63) is 0 Å². The highest BCUT2D eigenvalue weighted by molar-refractivity contribution is 4.68. The average molecular weight is 188 g/mol. The molecule has 0 aromatic carbocycles. The van der Waals surface area contributed by atoms with Gasteiger partial charge in [0.05, 0.1) is 6.10 Å². The molecule has 0 amide bonds. The molecule has 0 aliphatic carbocycles. The lowest BCUT2D eigenvalue weighted by atomic mass is 10.1. The van der Waals surface area contributed by atoms with Crippen LogP contribution in [0, 0.1) is 5.92 Å². The Morgan fingerprint density at radius 3 is 2.15 bits per heavy atom. The third-order valence-corrected chi connectivity index (χ3v) is 2.25. The van der Waals surface area contributed by atoms with Crippen molar-refractivity contribution < 1.29 is 5.11 Å². The monoisotopic (exact) mass is 188 g/mol. The van der Waals surface area contributed by atoms with Gasteiger partial charge in [-0.1, -0.05) is 13.8 Å². The Balaban J connectivity index is 3.51. The fourth-order valence-corrected chi connectivity index (χ4v) is 1.04. The van der Waals surface area contributed by atoms with E-state index in [0.29, 0.717) is 18.5 Å². The number of aliphatic hydroxyl groups is 1. The SMILES string of the molecule is CC(C)C(C)NCC(O)CN(C)C. The van der Waals surface area contributed by atoms with Gasteiger partial charge in [-0.25, -0.2) is 0 Å². The molecular formula is C10H24N2O. The second-order valence-electron chi connectivity index (χ2n) is 4.36. The summed E-state index contributed by atoms with van der Waals surface area (Å²) in [4.78, 5) is 1.99. The van der Waals surface area contributed by atoms with E-state index in [0.717, 1.165) is 6.54 Å². The van der Waals surface area contributed by atoms with Gasteiger partial charge in [0.25, 0.3) is 0 Å². The molecule has 0 spiro atoms. The van der Waals surface area contributed by atoms with Crippen LogP contribution >= 0.6 is 0 Å². The van der Waals surface area contributed by atoms with E-state index in [4.69, 9.17) is 0 Å². The van der Waals surface area contributed by atoms with Crippen LogP contribution in [0.4, 0.5) is 0 Å². The van der Waals surface area contributed by atoms with E-state index in [1.807, 2.05) is 19.0 Å². The minimum absolute atomic E-state index is 0.267. The first-order valence-corrected chi connectivity index (χ1v) is 4.99. The van der Waals surface area contributed by atoms with Crippen molar-refractivity contribution in [1.29, 1.82) is 0 Å². The Morgan fingerprint density at radius 1 is 1.23 bits per heavy atom. The summed E-state index contributed by atoms with van der Waals surface area (Å²) < 4.78 is 0. The average Bonchev–Trinajstić information content (AvgIpc) is 1.98. The number of rotatable bonds is 6. The van der Waals surface area contributed by atoms with Gasteiger partial charge in [0, 0.05) is 19.1 Å². The van der Waals surface area contributed by atoms with Gasteiger partial charge in [-0.2, -0.15) is 0 Å². The molecule has 0 heterocycles. The topological polar surface area (TPSA) is 35.5 Å². The van der Waals surface area contributed by atoms with Gasteiger partial charge in [0.1, 0.15) is 0 Å². The van der Waals surface area contributed by atoms with Gasteiger partial charge in [-0.15, -0.1) is 0 Å². The molecule has 3 heteroatoms. The fourth-order valence-electron chi connectivity index (χ4n) is 1.04. The van der Waals surface area contributed by atoms with E-state index in [9.17, 15) is 5.11 Å². The van der Waals surface area contributed by atoms with Crippen LogP contribution in [-0.2, 0) is 0 Å². The quantitative estimate of drug-likeness (QED) is 0.639. The van der Waals surface area contributed by atoms with Gasteiger partial charge in [-0.05, 0) is 26.9 Å². The Morgan fingerprint density at radius 2 is 1.77 bits per heavy atom. The van der Waals surface area contributed by atoms with E-state index < -0.39 is 0 Å². The van der Waals surface area contributed by atoms with Gasteiger partial charge in [0.15, 0.2) is 0 Å². The van der Waals surface area contributed by atoms with Crippen molar-refractivity contribution in [3.63, 3.8) is 0 Å². The summed E-state index contributed by atoms with van der Waals surface area (Å²) in [6, 6.07) is 0.469. The fraction of sp³-hybridized carbons (Fsp3) is 1.00. The van der Waals surface area contributed by atoms with Crippen LogP contribution in [0.15, 0.2) is 0 Å². The molecule has 3 nitrogen and oxygen atoms in total. The summed E-state index contributed by atoms with van der Waals surface area (Å²) in [5.74, 6) is 0.617. The molecule has 80 valence electrons. The summed E-state index contributed by atoms with van der Waals surface area (Å²) in [6.45, 7) is 7.90. The summed E-state index contributed by atoms with van der Waals surface area (Å²) in [6.07, 6.45) is -0.267. The van der Waals surface area contributed by atoms with Crippen LogP contribution in [-0.4, -0.2) is 49.3 Å². The van der Waals surface area contributed by atoms with Crippen LogP contribution in [0.25, 0.3) is 0 Å². The van der Waals surface area contributed by atoms with Gasteiger partial charge in [0.2, 0.25) is 0 Å². The molecule has 0 rings (SSSR count). The standard InChI is InChI=1S/C10H24N2O/c1-8(2)9(3)11-6-10(13)7-12(4)5/h8-11,13H,6-7H2,1-5H3. The van der Waals surface area contributed by atoms with Crippen molar-refractivity contribution in [3.8, 4) is 0 Å². The lowest BCUT2D eigenvalue weighted by molar-refractivity contribution is 0.130. The van der Waals surface area contributed by atoms with Gasteiger partial charge < -0.3 is 15.3 Å². The predicted molar refractivity (Wildman–Crippen MR) is 56.9 cm³/mol. The molecule has 2 N–H and O–H groups in total. The maximum atomic E-state index is 9.55. The summed E-state index contributed by atoms with van der Waals surface area (Å²) in [5, 5.41) is 12.9. The maximum Gasteiger partial charge on any atom is 0.0791 e. The van der Waals surface area contributed by atoms with Crippen LogP contribution in [0.5, 0.6) is 0 Å². The summed E-state index contributed by atoms with van der Waals surface area (Å²) in [5.41, 5.74) is 0. The van der Waals surface area contributed by atoms with Crippen molar-refractivity contribution >= 4 is 0 Å². The third-order valence-electron chi connectivity index (χ3n) is 2.25. The lowest BCUT2D eigenvalue weighted by Crippen LogP contribution is -2.40. The highest BCUT2D eigenvalue weighted by Gasteiger charge is 2.09. The zero-order valence-corrected chi connectivity index (χ0v) is 9.54. The molecule has 0 saturated heterocycles. The predicted octanol–water partition coefficient (Wildman–Crippen LogP) is 0.543. The van der Waals surface area contributed by atoms with Gasteiger partial charge >= 0.3 is 0 Å². The molecule has 2 atom stereocenters. The van der Waals surface area contributed by atoms with Crippen molar-refractivity contribution in [2.75, 3.05) is 27.2 Å². The second kappa shape index (κ2) is 6.35. The van der Waals surface area contributed by atoms with Crippen molar-refractivity contribution in [1.82, 2.24) is 10.2 Å². The molecule has 0 aromatic rings. The van der Waals surface area contributed by atoms with E-state index in [1.165, 1.54) is 0 Å². The first-order chi connectivity index (χ1) is 5.93. The Bertz CT molecular complexity index is 126. The number of hydrogen-bond acceptors (Lipinski definition) is 3. The minimum Gasteiger partial charge on any atom is -0.390 e. The van der Waals surface area contributed by atoms with Crippen LogP contribution in [0.2, 0.25) is 0 Å². The van der Waals surface area contributed by atoms with Crippen molar-refractivity contribution in [2.24, 2.45) is 5.92 Å². The molecule has 0 aliphatic rings. The number of likely N-dealkylation sites (N-methyl/N-ethyl adjacent to an activating group) is 1. The molecule has 0 bridgehead atoms. The first kappa shape index (κ1) is 12.9. The summed E-state index contributed by atoms with van der Waals surface area (Å²) >= 11 is 0. The van der Waals surface area contributed by atoms with Gasteiger partial charge in [-0.3, -0.25) is 0 Å². The highest BCUT2D eigenvalue weighted by Crippen LogP contribution is 1.99. The zero-order chi connectivity index (χ0) is 10.4. The normalized spacial score (nSPS) is 16.6. The maximum absolute atomic E-state index is 9.55. The van der Waals surface area contributed by atoms with Crippen LogP contribution in [0.1, 0.15) is 20.8 Å². The molecule has 0 radical (unpaired) electrons. The number of nitrogens with zero attached hydrogens (tertiary/aromatic N) is 1. The Hall–Kier alpha value is -0.120. The highest BCUT2D eigenvalue weighted by atomic mass is 16.3. The van der Waals surface area contributed by atoms with E-state index in [1.54, 1.807) is 0 Å². The molecule has 2 unspecified atom stereocenters.